The Labute approximate surface area is 229 Å². The summed E-state index contributed by atoms with van der Waals surface area (Å²) in [7, 11) is 0. The summed E-state index contributed by atoms with van der Waals surface area (Å²) in [6.45, 7) is 2.00. The van der Waals surface area contributed by atoms with Gasteiger partial charge in [-0.25, -0.2) is 0 Å². The first-order valence-electron chi connectivity index (χ1n) is 12.8. The Hall–Kier alpha value is -4.42. The van der Waals surface area contributed by atoms with Crippen LogP contribution in [-0.4, -0.2) is 29.6 Å². The largest absolute Gasteiger partial charge is 0.461 e. The van der Waals surface area contributed by atoms with Gasteiger partial charge < -0.3 is 14.6 Å². The first kappa shape index (κ1) is 23.7. The number of benzene rings is 3. The molecule has 0 saturated carbocycles. The van der Waals surface area contributed by atoms with Crippen molar-refractivity contribution < 1.29 is 18.8 Å². The molecular formula is C32H23ClN2O4. The molecule has 39 heavy (non-hydrogen) atoms. The van der Waals surface area contributed by atoms with Crippen molar-refractivity contribution in [2.24, 2.45) is 5.92 Å². The van der Waals surface area contributed by atoms with Gasteiger partial charge in [0, 0.05) is 22.5 Å². The summed E-state index contributed by atoms with van der Waals surface area (Å²) < 4.78 is 5.58. The van der Waals surface area contributed by atoms with Crippen molar-refractivity contribution in [1.82, 2.24) is 0 Å². The van der Waals surface area contributed by atoms with E-state index in [1.165, 1.54) is 6.26 Å². The van der Waals surface area contributed by atoms with Crippen LogP contribution < -0.4 is 10.2 Å². The number of ketones is 2. The van der Waals surface area contributed by atoms with Crippen LogP contribution in [0.2, 0.25) is 5.02 Å². The molecule has 3 aromatic carbocycles. The van der Waals surface area contributed by atoms with Gasteiger partial charge in [-0.3, -0.25) is 14.4 Å². The van der Waals surface area contributed by atoms with Crippen LogP contribution in [0, 0.1) is 5.92 Å². The Kier molecular flexibility index (Phi) is 5.19. The molecule has 0 radical (unpaired) electrons. The van der Waals surface area contributed by atoms with Crippen LogP contribution in [-0.2, 0) is 10.2 Å². The number of fused-ring (bicyclic) bond motifs is 6. The molecular weight excluding hydrogens is 512 g/mol. The number of rotatable bonds is 4. The Bertz CT molecular complexity index is 1710. The second-order valence-corrected chi connectivity index (χ2v) is 10.6. The molecule has 7 rings (SSSR count). The molecule has 1 spiro atoms. The van der Waals surface area contributed by atoms with E-state index < -0.39 is 29.2 Å². The monoisotopic (exact) mass is 534 g/mol. The molecule has 192 valence electrons. The molecule has 1 aromatic heterocycles. The SMILES string of the molecule is CC1=C[C@@H]2N(c3ccccc31)[C@@H](C(=O)c1ccccc1Cl)[C@@H](C(=O)c1ccco1)[C@]21C(=O)Nc2ccccc21. The highest BCUT2D eigenvalue weighted by Crippen LogP contribution is 2.59. The van der Waals surface area contributed by atoms with Crippen molar-refractivity contribution in [2.75, 3.05) is 10.2 Å². The molecule has 6 nitrogen and oxygen atoms in total. The third kappa shape index (κ3) is 3.12. The Morgan fingerprint density at radius 3 is 2.46 bits per heavy atom. The van der Waals surface area contributed by atoms with Gasteiger partial charge >= 0.3 is 0 Å². The predicted molar refractivity (Wildman–Crippen MR) is 149 cm³/mol. The van der Waals surface area contributed by atoms with Crippen LogP contribution in [0.15, 0.2) is 102 Å². The van der Waals surface area contributed by atoms with Crippen LogP contribution in [0.5, 0.6) is 0 Å². The number of nitrogens with zero attached hydrogens (tertiary/aromatic N) is 1. The first-order valence-corrected chi connectivity index (χ1v) is 13.2. The lowest BCUT2D eigenvalue weighted by Gasteiger charge is -2.39. The van der Waals surface area contributed by atoms with Crippen molar-refractivity contribution in [3.05, 3.63) is 125 Å². The number of carbonyl (C=O) groups excluding carboxylic acids is 3. The van der Waals surface area contributed by atoms with E-state index in [1.807, 2.05) is 66.4 Å². The number of Topliss-reactive ketones (excluding diaryl/α,β-unsaturated/α-hetero) is 2. The van der Waals surface area contributed by atoms with E-state index in [9.17, 15) is 14.4 Å². The average molecular weight is 535 g/mol. The second-order valence-electron chi connectivity index (χ2n) is 10.2. The van der Waals surface area contributed by atoms with E-state index >= 15 is 0 Å². The molecule has 4 heterocycles. The summed E-state index contributed by atoms with van der Waals surface area (Å²) in [5.74, 6) is -2.05. The van der Waals surface area contributed by atoms with Gasteiger partial charge in [0.2, 0.25) is 11.7 Å². The molecule has 0 unspecified atom stereocenters. The molecule has 3 aliphatic heterocycles. The number of hydrogen-bond donors (Lipinski definition) is 1. The fraction of sp³-hybridized carbons (Fsp3) is 0.156. The smallest absolute Gasteiger partial charge is 0.238 e. The minimum atomic E-state index is -1.39. The molecule has 0 bridgehead atoms. The van der Waals surface area contributed by atoms with Crippen LogP contribution >= 0.6 is 11.6 Å². The van der Waals surface area contributed by atoms with Gasteiger partial charge in [-0.15, -0.1) is 0 Å². The minimum absolute atomic E-state index is 0.0994. The van der Waals surface area contributed by atoms with Gasteiger partial charge in [0.25, 0.3) is 0 Å². The summed E-state index contributed by atoms with van der Waals surface area (Å²) in [6.07, 6.45) is 3.45. The Balaban J connectivity index is 1.57. The molecule has 1 saturated heterocycles. The maximum absolute atomic E-state index is 14.6. The van der Waals surface area contributed by atoms with Gasteiger partial charge in [-0.2, -0.15) is 0 Å². The quantitative estimate of drug-likeness (QED) is 0.316. The summed E-state index contributed by atoms with van der Waals surface area (Å²) in [6, 6.07) is 23.6. The highest BCUT2D eigenvalue weighted by molar-refractivity contribution is 6.34. The molecule has 3 aliphatic rings. The molecule has 1 fully saturated rings. The highest BCUT2D eigenvalue weighted by atomic mass is 35.5. The lowest BCUT2D eigenvalue weighted by atomic mass is 9.64. The van der Waals surface area contributed by atoms with Crippen LogP contribution in [0.3, 0.4) is 0 Å². The zero-order chi connectivity index (χ0) is 26.9. The van der Waals surface area contributed by atoms with E-state index in [4.69, 9.17) is 16.0 Å². The van der Waals surface area contributed by atoms with Gasteiger partial charge in [-0.1, -0.05) is 66.2 Å². The van der Waals surface area contributed by atoms with Crippen molar-refractivity contribution in [3.63, 3.8) is 0 Å². The van der Waals surface area contributed by atoms with Crippen molar-refractivity contribution in [3.8, 4) is 0 Å². The van der Waals surface area contributed by atoms with E-state index in [0.29, 0.717) is 16.8 Å². The number of hydrogen-bond acceptors (Lipinski definition) is 5. The normalized spacial score (nSPS) is 24.6. The number of carbonyl (C=O) groups is 3. The van der Waals surface area contributed by atoms with E-state index in [-0.39, 0.29) is 22.5 Å². The first-order chi connectivity index (χ1) is 18.9. The Morgan fingerprint density at radius 2 is 1.67 bits per heavy atom. The maximum Gasteiger partial charge on any atom is 0.238 e. The summed E-state index contributed by atoms with van der Waals surface area (Å²) in [4.78, 5) is 45.3. The third-order valence-electron chi connectivity index (χ3n) is 8.34. The summed E-state index contributed by atoms with van der Waals surface area (Å²) >= 11 is 6.55. The van der Waals surface area contributed by atoms with E-state index in [1.54, 1.807) is 36.4 Å². The molecule has 7 heteroatoms. The molecule has 1 N–H and O–H groups in total. The van der Waals surface area contributed by atoms with Crippen molar-refractivity contribution in [1.29, 1.82) is 0 Å². The van der Waals surface area contributed by atoms with Gasteiger partial charge in [-0.05, 0) is 54.5 Å². The maximum atomic E-state index is 14.6. The summed E-state index contributed by atoms with van der Waals surface area (Å²) in [5, 5.41) is 3.32. The third-order valence-corrected chi connectivity index (χ3v) is 8.67. The topological polar surface area (TPSA) is 79.6 Å². The van der Waals surface area contributed by atoms with E-state index in [0.717, 1.165) is 16.8 Å². The zero-order valence-corrected chi connectivity index (χ0v) is 21.7. The summed E-state index contributed by atoms with van der Waals surface area (Å²) in [5.41, 5.74) is 2.93. The minimum Gasteiger partial charge on any atom is -0.461 e. The van der Waals surface area contributed by atoms with Crippen LogP contribution in [0.4, 0.5) is 11.4 Å². The fourth-order valence-corrected chi connectivity index (χ4v) is 7.01. The molecule has 4 aromatic rings. The number of furan rings is 1. The van der Waals surface area contributed by atoms with Gasteiger partial charge in [0.05, 0.1) is 23.2 Å². The number of amides is 1. The highest BCUT2D eigenvalue weighted by Gasteiger charge is 2.70. The fourth-order valence-electron chi connectivity index (χ4n) is 6.78. The van der Waals surface area contributed by atoms with Crippen molar-refractivity contribution >= 4 is 46.0 Å². The van der Waals surface area contributed by atoms with Gasteiger partial charge in [0.15, 0.2) is 11.5 Å². The lowest BCUT2D eigenvalue weighted by Crippen LogP contribution is -2.51. The number of halogens is 1. The molecule has 0 aliphatic carbocycles. The zero-order valence-electron chi connectivity index (χ0n) is 20.9. The standard InChI is InChI=1S/C32H23ClN2O4/c1-18-17-26-32(21-11-4-6-13-23(21)34-31(32)38)27(30(37)25-15-8-16-39-25)28(29(36)20-10-2-5-12-22(20)33)35(26)24-14-7-3-9-19(18)24/h2-17,26-28H,1H3,(H,34,38)/t26-,27-,28+,32+/m0/s1. The number of para-hydroxylation sites is 2. The second kappa shape index (κ2) is 8.55. The number of nitrogens with one attached hydrogen (secondary N) is 1. The average Bonchev–Trinajstić information content (AvgIpc) is 3.66. The van der Waals surface area contributed by atoms with Crippen LogP contribution in [0.25, 0.3) is 5.57 Å². The number of anilines is 2. The van der Waals surface area contributed by atoms with Crippen LogP contribution in [0.1, 0.15) is 39.0 Å². The predicted octanol–water partition coefficient (Wildman–Crippen LogP) is 6.18. The van der Waals surface area contributed by atoms with E-state index in [2.05, 4.69) is 5.32 Å². The number of allylic oxidation sites excluding steroid dienone is 1. The Morgan fingerprint density at radius 1 is 0.923 bits per heavy atom. The molecule has 4 atom stereocenters. The van der Waals surface area contributed by atoms with Gasteiger partial charge in [0.1, 0.15) is 11.5 Å². The lowest BCUT2D eigenvalue weighted by molar-refractivity contribution is -0.121. The van der Waals surface area contributed by atoms with Crippen molar-refractivity contribution in [2.45, 2.75) is 24.4 Å². The molecule has 1 amide bonds.